The van der Waals surface area contributed by atoms with Gasteiger partial charge in [-0.05, 0) is 64.7 Å². The van der Waals surface area contributed by atoms with E-state index in [0.29, 0.717) is 27.8 Å². The molecule has 1 fully saturated rings. The van der Waals surface area contributed by atoms with Crippen molar-refractivity contribution in [3.8, 4) is 0 Å². The lowest BCUT2D eigenvalue weighted by molar-refractivity contribution is 0.0866. The van der Waals surface area contributed by atoms with Crippen LogP contribution < -0.4 is 5.32 Å². The smallest absolute Gasteiger partial charge is 0.252 e. The molecule has 0 spiro atoms. The van der Waals surface area contributed by atoms with Gasteiger partial charge in [0.15, 0.2) is 0 Å². The second kappa shape index (κ2) is 6.91. The summed E-state index contributed by atoms with van der Waals surface area (Å²) in [5.74, 6) is 1.09. The minimum absolute atomic E-state index is 0.177. The maximum atomic E-state index is 13.4. The van der Waals surface area contributed by atoms with Gasteiger partial charge in [-0.15, -0.1) is 0 Å². The van der Waals surface area contributed by atoms with Gasteiger partial charge < -0.3 is 5.32 Å². The molecule has 0 bridgehead atoms. The van der Waals surface area contributed by atoms with Crippen LogP contribution in [0.15, 0.2) is 22.7 Å². The van der Waals surface area contributed by atoms with Crippen LogP contribution in [-0.4, -0.2) is 11.9 Å². The van der Waals surface area contributed by atoms with E-state index in [2.05, 4.69) is 42.0 Å². The van der Waals surface area contributed by atoms with Gasteiger partial charge in [-0.2, -0.15) is 0 Å². The quantitative estimate of drug-likeness (QED) is 0.830. The minimum atomic E-state index is -0.388. The predicted octanol–water partition coefficient (Wildman–Crippen LogP) is 4.78. The zero-order valence-corrected chi connectivity index (χ0v) is 14.4. The summed E-state index contributed by atoms with van der Waals surface area (Å²) in [5, 5.41) is 3.13. The number of halogens is 2. The Hall–Kier alpha value is -0.900. The van der Waals surface area contributed by atoms with Gasteiger partial charge in [0, 0.05) is 10.5 Å². The van der Waals surface area contributed by atoms with Crippen LogP contribution in [0.1, 0.15) is 50.4 Å². The van der Waals surface area contributed by atoms with Crippen molar-refractivity contribution in [3.63, 3.8) is 0 Å². The fraction of sp³-hybridized carbons (Fsp3) is 0.588. The SMILES string of the molecule is CC1CCC(C(C)C)C(NC(=O)c2cc(F)ccc2Br)C1. The third kappa shape index (κ3) is 4.06. The molecule has 1 aromatic carbocycles. The molecule has 1 N–H and O–H groups in total. The third-order valence-corrected chi connectivity index (χ3v) is 5.20. The highest BCUT2D eigenvalue weighted by Gasteiger charge is 2.32. The molecule has 21 heavy (non-hydrogen) atoms. The van der Waals surface area contributed by atoms with Gasteiger partial charge in [-0.1, -0.05) is 27.2 Å². The molecule has 116 valence electrons. The van der Waals surface area contributed by atoms with Crippen molar-refractivity contribution in [1.29, 1.82) is 0 Å². The number of benzene rings is 1. The molecule has 2 rings (SSSR count). The largest absolute Gasteiger partial charge is 0.349 e. The fourth-order valence-electron chi connectivity index (χ4n) is 3.29. The van der Waals surface area contributed by atoms with Crippen molar-refractivity contribution >= 4 is 21.8 Å². The van der Waals surface area contributed by atoms with E-state index >= 15 is 0 Å². The Bertz CT molecular complexity index is 518. The van der Waals surface area contributed by atoms with Crippen LogP contribution in [0.2, 0.25) is 0 Å². The summed E-state index contributed by atoms with van der Waals surface area (Å²) in [6.07, 6.45) is 3.37. The molecule has 1 saturated carbocycles. The molecule has 4 heteroatoms. The average molecular weight is 356 g/mol. The van der Waals surface area contributed by atoms with E-state index in [1.165, 1.54) is 18.6 Å². The summed E-state index contributed by atoms with van der Waals surface area (Å²) in [4.78, 5) is 12.5. The van der Waals surface area contributed by atoms with E-state index in [-0.39, 0.29) is 17.8 Å². The molecule has 1 aromatic rings. The number of carbonyl (C=O) groups is 1. The molecule has 0 aromatic heterocycles. The Morgan fingerprint density at radius 2 is 2.10 bits per heavy atom. The van der Waals surface area contributed by atoms with Crippen LogP contribution in [0, 0.1) is 23.6 Å². The molecule has 0 saturated heterocycles. The number of amides is 1. The Labute approximate surface area is 134 Å². The molecule has 1 aliphatic rings. The van der Waals surface area contributed by atoms with E-state index in [0.717, 1.165) is 12.8 Å². The predicted molar refractivity (Wildman–Crippen MR) is 86.7 cm³/mol. The maximum Gasteiger partial charge on any atom is 0.252 e. The average Bonchev–Trinajstić information content (AvgIpc) is 2.41. The topological polar surface area (TPSA) is 29.1 Å². The number of hydrogen-bond donors (Lipinski definition) is 1. The molecular formula is C17H23BrFNO. The van der Waals surface area contributed by atoms with Crippen molar-refractivity contribution in [3.05, 3.63) is 34.1 Å². The molecule has 3 atom stereocenters. The number of nitrogens with one attached hydrogen (secondary N) is 1. The van der Waals surface area contributed by atoms with Crippen LogP contribution >= 0.6 is 15.9 Å². The van der Waals surface area contributed by atoms with Gasteiger partial charge in [0.05, 0.1) is 5.56 Å². The van der Waals surface area contributed by atoms with Gasteiger partial charge in [0.25, 0.3) is 5.91 Å². The molecule has 1 amide bonds. The highest BCUT2D eigenvalue weighted by Crippen LogP contribution is 2.33. The minimum Gasteiger partial charge on any atom is -0.349 e. The van der Waals surface area contributed by atoms with E-state index < -0.39 is 0 Å². The first-order valence-electron chi connectivity index (χ1n) is 7.64. The van der Waals surface area contributed by atoms with Gasteiger partial charge in [0.2, 0.25) is 0 Å². The maximum absolute atomic E-state index is 13.4. The van der Waals surface area contributed by atoms with Gasteiger partial charge in [0.1, 0.15) is 5.82 Å². The van der Waals surface area contributed by atoms with Crippen LogP contribution in [-0.2, 0) is 0 Å². The number of carbonyl (C=O) groups excluding carboxylic acids is 1. The van der Waals surface area contributed by atoms with E-state index in [1.807, 2.05) is 0 Å². The Morgan fingerprint density at radius 3 is 2.76 bits per heavy atom. The van der Waals surface area contributed by atoms with Crippen LogP contribution in [0.4, 0.5) is 4.39 Å². The summed E-state index contributed by atoms with van der Waals surface area (Å²) >= 11 is 3.32. The zero-order chi connectivity index (χ0) is 15.6. The number of rotatable bonds is 3. The fourth-order valence-corrected chi connectivity index (χ4v) is 3.71. The van der Waals surface area contributed by atoms with E-state index in [4.69, 9.17) is 0 Å². The van der Waals surface area contributed by atoms with Crippen molar-refractivity contribution in [1.82, 2.24) is 5.32 Å². The standard InChI is InChI=1S/C17H23BrFNO/c1-10(2)13-6-4-11(3)8-16(13)20-17(21)14-9-12(19)5-7-15(14)18/h5,7,9-11,13,16H,4,6,8H2,1-3H3,(H,20,21). The van der Waals surface area contributed by atoms with Crippen molar-refractivity contribution in [2.75, 3.05) is 0 Å². The highest BCUT2D eigenvalue weighted by atomic mass is 79.9. The summed E-state index contributed by atoms with van der Waals surface area (Å²) in [6, 6.07) is 4.39. The first-order valence-corrected chi connectivity index (χ1v) is 8.43. The van der Waals surface area contributed by atoms with Crippen molar-refractivity contribution < 1.29 is 9.18 Å². The summed E-state index contributed by atoms with van der Waals surface area (Å²) in [6.45, 7) is 6.64. The van der Waals surface area contributed by atoms with Crippen molar-refractivity contribution in [2.24, 2.45) is 17.8 Å². The lowest BCUT2D eigenvalue weighted by atomic mass is 9.74. The molecule has 3 unspecified atom stereocenters. The molecular weight excluding hydrogens is 333 g/mol. The van der Waals surface area contributed by atoms with Crippen molar-refractivity contribution in [2.45, 2.75) is 46.1 Å². The van der Waals surface area contributed by atoms with E-state index in [1.54, 1.807) is 6.07 Å². The highest BCUT2D eigenvalue weighted by molar-refractivity contribution is 9.10. The van der Waals surface area contributed by atoms with Gasteiger partial charge >= 0.3 is 0 Å². The molecule has 0 heterocycles. The summed E-state index contributed by atoms with van der Waals surface area (Å²) in [7, 11) is 0. The Balaban J connectivity index is 2.14. The van der Waals surface area contributed by atoms with Crippen LogP contribution in [0.25, 0.3) is 0 Å². The van der Waals surface area contributed by atoms with Crippen LogP contribution in [0.5, 0.6) is 0 Å². The molecule has 0 aliphatic heterocycles. The lowest BCUT2D eigenvalue weighted by Gasteiger charge is -2.37. The first kappa shape index (κ1) is 16.5. The third-order valence-electron chi connectivity index (χ3n) is 4.51. The summed E-state index contributed by atoms with van der Waals surface area (Å²) in [5.41, 5.74) is 0.371. The second-order valence-corrected chi connectivity index (χ2v) is 7.38. The van der Waals surface area contributed by atoms with E-state index in [9.17, 15) is 9.18 Å². The molecule has 0 radical (unpaired) electrons. The Kier molecular flexibility index (Phi) is 5.42. The Morgan fingerprint density at radius 1 is 1.38 bits per heavy atom. The number of hydrogen-bond acceptors (Lipinski definition) is 1. The lowest BCUT2D eigenvalue weighted by Crippen LogP contribution is -2.45. The van der Waals surface area contributed by atoms with Gasteiger partial charge in [-0.25, -0.2) is 4.39 Å². The monoisotopic (exact) mass is 355 g/mol. The first-order chi connectivity index (χ1) is 9.88. The molecule has 1 aliphatic carbocycles. The molecule has 2 nitrogen and oxygen atoms in total. The van der Waals surface area contributed by atoms with Gasteiger partial charge in [-0.3, -0.25) is 4.79 Å². The normalized spacial score (nSPS) is 25.9. The zero-order valence-electron chi connectivity index (χ0n) is 12.8. The van der Waals surface area contributed by atoms with Crippen LogP contribution in [0.3, 0.4) is 0 Å². The second-order valence-electron chi connectivity index (χ2n) is 6.53. The summed E-state index contributed by atoms with van der Waals surface area (Å²) < 4.78 is 14.0.